The lowest BCUT2D eigenvalue weighted by molar-refractivity contribution is -0.177. The van der Waals surface area contributed by atoms with Gasteiger partial charge in [0, 0.05) is 55.3 Å². The van der Waals surface area contributed by atoms with Gasteiger partial charge in [-0.1, -0.05) is 20.8 Å². The maximum Gasteiger partial charge on any atom is 0.293 e. The molecule has 1 atom stereocenters. The molecule has 2 fully saturated rings. The van der Waals surface area contributed by atoms with Crippen LogP contribution in [0.2, 0.25) is 0 Å². The van der Waals surface area contributed by atoms with E-state index in [1.807, 2.05) is 12.3 Å². The molecule has 0 bridgehead atoms. The molecule has 3 aromatic rings. The van der Waals surface area contributed by atoms with Gasteiger partial charge in [-0.2, -0.15) is 4.98 Å². The van der Waals surface area contributed by atoms with Gasteiger partial charge in [0.15, 0.2) is 0 Å². The second-order valence-electron chi connectivity index (χ2n) is 11.3. The van der Waals surface area contributed by atoms with Crippen LogP contribution in [-0.4, -0.2) is 82.7 Å². The quantitative estimate of drug-likeness (QED) is 0.410. The molecule has 5 rings (SSSR count). The minimum Gasteiger partial charge on any atom is -0.384 e. The van der Waals surface area contributed by atoms with Crippen LogP contribution < -0.4 is 15.1 Å². The first-order valence-corrected chi connectivity index (χ1v) is 15.3. The van der Waals surface area contributed by atoms with Gasteiger partial charge in [-0.05, 0) is 42.3 Å². The number of sulfone groups is 1. The Morgan fingerprint density at radius 1 is 1.12 bits per heavy atom. The summed E-state index contributed by atoms with van der Waals surface area (Å²) in [7, 11) is -3.03. The number of nitrogens with one attached hydrogen (secondary N) is 1. The van der Waals surface area contributed by atoms with Gasteiger partial charge in [-0.25, -0.2) is 32.2 Å². The van der Waals surface area contributed by atoms with Crippen LogP contribution in [0.15, 0.2) is 30.7 Å². The molecule has 3 aromatic heterocycles. The normalized spacial score (nSPS) is 21.6. The zero-order valence-corrected chi connectivity index (χ0v) is 23.9. The number of nitrogens with zero attached hydrogens (tertiary/aromatic N) is 6. The summed E-state index contributed by atoms with van der Waals surface area (Å²) in [6, 6.07) is 3.56. The summed E-state index contributed by atoms with van der Waals surface area (Å²) in [5.41, 5.74) is -1.03. The maximum absolute atomic E-state index is 14.4. The molecule has 40 heavy (non-hydrogen) atoms. The number of aromatic nitrogens is 4. The Kier molecular flexibility index (Phi) is 7.32. The SMILES string of the molecule is CCS(=O)(=O)CC1CN(c2ncc(C(C)C)c3cc(Nc4ccnc(N5CC[C@@](C)(O)C(F)(F)C5)n4)ncc23)C1. The van der Waals surface area contributed by atoms with E-state index in [4.69, 9.17) is 4.98 Å². The fraction of sp³-hybridized carbons (Fsp3) is 0.556. The Bertz CT molecular complexity index is 1510. The van der Waals surface area contributed by atoms with Gasteiger partial charge in [0.05, 0.1) is 12.3 Å². The van der Waals surface area contributed by atoms with E-state index in [2.05, 4.69) is 39.0 Å². The van der Waals surface area contributed by atoms with E-state index in [0.717, 1.165) is 29.1 Å². The monoisotopic (exact) mass is 575 g/mol. The van der Waals surface area contributed by atoms with Gasteiger partial charge in [0.2, 0.25) is 5.95 Å². The minimum atomic E-state index is -3.29. The molecular weight excluding hydrogens is 540 g/mol. The van der Waals surface area contributed by atoms with E-state index in [-0.39, 0.29) is 42.3 Å². The van der Waals surface area contributed by atoms with Crippen LogP contribution >= 0.6 is 0 Å². The van der Waals surface area contributed by atoms with Crippen LogP contribution in [0.25, 0.3) is 10.8 Å². The van der Waals surface area contributed by atoms with Crippen molar-refractivity contribution in [3.8, 4) is 0 Å². The maximum atomic E-state index is 14.4. The molecule has 2 N–H and O–H groups in total. The number of anilines is 4. The van der Waals surface area contributed by atoms with E-state index < -0.39 is 27.9 Å². The average molecular weight is 576 g/mol. The number of hydrogen-bond acceptors (Lipinski definition) is 10. The van der Waals surface area contributed by atoms with E-state index in [1.54, 1.807) is 19.2 Å². The largest absolute Gasteiger partial charge is 0.384 e. The van der Waals surface area contributed by atoms with Crippen molar-refractivity contribution in [2.45, 2.75) is 51.6 Å². The third-order valence-corrected chi connectivity index (χ3v) is 9.68. The predicted molar refractivity (Wildman–Crippen MR) is 151 cm³/mol. The number of rotatable bonds is 8. The zero-order valence-electron chi connectivity index (χ0n) is 23.1. The molecule has 0 radical (unpaired) electrons. The highest BCUT2D eigenvalue weighted by molar-refractivity contribution is 7.91. The van der Waals surface area contributed by atoms with Crippen LogP contribution in [-0.2, 0) is 9.84 Å². The number of halogens is 2. The molecule has 0 unspecified atom stereocenters. The van der Waals surface area contributed by atoms with Gasteiger partial charge >= 0.3 is 0 Å². The highest BCUT2D eigenvalue weighted by Crippen LogP contribution is 2.38. The van der Waals surface area contributed by atoms with Crippen molar-refractivity contribution in [2.75, 3.05) is 52.8 Å². The first-order chi connectivity index (χ1) is 18.8. The molecule has 0 aromatic carbocycles. The summed E-state index contributed by atoms with van der Waals surface area (Å²) in [4.78, 5) is 21.4. The number of alkyl halides is 2. The van der Waals surface area contributed by atoms with Gasteiger partial charge in [-0.3, -0.25) is 0 Å². The molecule has 0 spiro atoms. The van der Waals surface area contributed by atoms with Crippen molar-refractivity contribution in [1.82, 2.24) is 19.9 Å². The summed E-state index contributed by atoms with van der Waals surface area (Å²) in [5, 5.41) is 15.0. The third-order valence-electron chi connectivity index (χ3n) is 7.82. The Hall–Kier alpha value is -3.19. The second-order valence-corrected chi connectivity index (χ2v) is 13.7. The van der Waals surface area contributed by atoms with Gasteiger partial charge in [-0.15, -0.1) is 0 Å². The summed E-state index contributed by atoms with van der Waals surface area (Å²) in [6.07, 6.45) is 5.00. The number of hydrogen-bond donors (Lipinski definition) is 2. The summed E-state index contributed by atoms with van der Waals surface area (Å²) < 4.78 is 52.9. The van der Waals surface area contributed by atoms with Crippen molar-refractivity contribution in [3.05, 3.63) is 36.3 Å². The number of pyridine rings is 2. The topological polar surface area (TPSA) is 124 Å². The molecule has 0 amide bonds. The lowest BCUT2D eigenvalue weighted by Gasteiger charge is -2.42. The highest BCUT2D eigenvalue weighted by atomic mass is 32.2. The van der Waals surface area contributed by atoms with E-state index in [0.29, 0.717) is 24.7 Å². The van der Waals surface area contributed by atoms with E-state index in [1.165, 1.54) is 11.1 Å². The fourth-order valence-electron chi connectivity index (χ4n) is 5.14. The molecule has 2 aliphatic rings. The molecule has 10 nitrogen and oxygen atoms in total. The summed E-state index contributed by atoms with van der Waals surface area (Å²) in [5.74, 6) is -0.836. The molecule has 2 aliphatic heterocycles. The van der Waals surface area contributed by atoms with Crippen LogP contribution in [0.4, 0.5) is 32.2 Å². The summed E-state index contributed by atoms with van der Waals surface area (Å²) in [6.45, 7) is 7.76. The van der Waals surface area contributed by atoms with Gasteiger partial charge in [0.1, 0.15) is 32.9 Å². The second kappa shape index (κ2) is 10.3. The van der Waals surface area contributed by atoms with Crippen LogP contribution in [0.3, 0.4) is 0 Å². The Morgan fingerprint density at radius 3 is 2.55 bits per heavy atom. The third kappa shape index (κ3) is 5.53. The van der Waals surface area contributed by atoms with Crippen LogP contribution in [0.1, 0.15) is 45.6 Å². The zero-order chi connectivity index (χ0) is 28.9. The van der Waals surface area contributed by atoms with Crippen molar-refractivity contribution in [2.24, 2.45) is 5.92 Å². The minimum absolute atomic E-state index is 0.0819. The smallest absolute Gasteiger partial charge is 0.293 e. The van der Waals surface area contributed by atoms with Gasteiger partial charge in [0.25, 0.3) is 5.92 Å². The van der Waals surface area contributed by atoms with Crippen molar-refractivity contribution < 1.29 is 22.3 Å². The molecule has 216 valence electrons. The van der Waals surface area contributed by atoms with E-state index in [9.17, 15) is 22.3 Å². The van der Waals surface area contributed by atoms with Crippen molar-refractivity contribution >= 4 is 44.0 Å². The lowest BCUT2D eigenvalue weighted by Crippen LogP contribution is -2.59. The first kappa shape index (κ1) is 28.3. The molecule has 2 saturated heterocycles. The van der Waals surface area contributed by atoms with Crippen LogP contribution in [0.5, 0.6) is 0 Å². The van der Waals surface area contributed by atoms with Crippen molar-refractivity contribution in [3.63, 3.8) is 0 Å². The lowest BCUT2D eigenvalue weighted by atomic mass is 9.90. The number of fused-ring (bicyclic) bond motifs is 1. The van der Waals surface area contributed by atoms with E-state index >= 15 is 0 Å². The Balaban J connectivity index is 1.38. The first-order valence-electron chi connectivity index (χ1n) is 13.5. The molecule has 5 heterocycles. The molecular formula is C27H35F2N7O3S. The van der Waals surface area contributed by atoms with Crippen LogP contribution in [0, 0.1) is 5.92 Å². The Labute approximate surface area is 232 Å². The number of piperidine rings is 1. The molecule has 13 heteroatoms. The summed E-state index contributed by atoms with van der Waals surface area (Å²) >= 11 is 0. The Morgan fingerprint density at radius 2 is 1.88 bits per heavy atom. The molecule has 0 saturated carbocycles. The van der Waals surface area contributed by atoms with Gasteiger partial charge < -0.3 is 20.2 Å². The average Bonchev–Trinajstić information content (AvgIpc) is 2.87. The highest BCUT2D eigenvalue weighted by Gasteiger charge is 2.53. The fourth-order valence-corrected chi connectivity index (χ4v) is 6.31. The van der Waals surface area contributed by atoms with Crippen molar-refractivity contribution in [1.29, 1.82) is 0 Å². The number of aliphatic hydroxyl groups is 1. The predicted octanol–water partition coefficient (Wildman–Crippen LogP) is 3.75. The standard InChI is InChI=1S/C27H35F2N7O3S/c1-5-40(38,39)15-18-13-36(14-18)24-21-12-31-23(10-19(21)20(11-32-24)17(2)3)33-22-6-8-30-25(34-22)35-9-7-26(4,37)27(28,29)16-35/h6,8,10-12,17-18,37H,5,7,9,13-16H2,1-4H3,(H,30,31,33,34)/t26-/m1/s1. The molecule has 0 aliphatic carbocycles.